The van der Waals surface area contributed by atoms with E-state index in [0.29, 0.717) is 25.3 Å². The molecule has 0 radical (unpaired) electrons. The third-order valence-corrected chi connectivity index (χ3v) is 7.90. The van der Waals surface area contributed by atoms with Gasteiger partial charge in [-0.05, 0) is 62.1 Å². The molecule has 39 heavy (non-hydrogen) atoms. The average molecular weight is 548 g/mol. The highest BCUT2D eigenvalue weighted by molar-refractivity contribution is 5.92. The van der Waals surface area contributed by atoms with Gasteiger partial charge in [-0.3, -0.25) is 9.59 Å². The summed E-state index contributed by atoms with van der Waals surface area (Å²) in [6.45, 7) is 6.95. The first-order valence-corrected chi connectivity index (χ1v) is 12.6. The number of nitrogens with zero attached hydrogens (tertiary/aromatic N) is 1. The quantitative estimate of drug-likeness (QED) is 0.0977. The van der Waals surface area contributed by atoms with E-state index in [4.69, 9.17) is 14.6 Å². The fourth-order valence-corrected chi connectivity index (χ4v) is 5.51. The summed E-state index contributed by atoms with van der Waals surface area (Å²) < 4.78 is 10.8. The van der Waals surface area contributed by atoms with Crippen LogP contribution in [-0.4, -0.2) is 52.2 Å². The van der Waals surface area contributed by atoms with Crippen molar-refractivity contribution in [2.75, 3.05) is 13.2 Å². The first-order valence-electron chi connectivity index (χ1n) is 12.6. The van der Waals surface area contributed by atoms with E-state index in [-0.39, 0.29) is 65.3 Å². The Bertz CT molecular complexity index is 1200. The molecule has 4 rings (SSSR count). The van der Waals surface area contributed by atoms with Crippen molar-refractivity contribution in [2.45, 2.75) is 64.7 Å². The molecule has 212 valence electrons. The van der Waals surface area contributed by atoms with E-state index in [2.05, 4.69) is 4.84 Å². The number of esters is 2. The molecule has 0 amide bonds. The van der Waals surface area contributed by atoms with E-state index in [9.17, 15) is 34.4 Å². The van der Waals surface area contributed by atoms with Gasteiger partial charge in [0.15, 0.2) is 0 Å². The van der Waals surface area contributed by atoms with Gasteiger partial charge in [-0.2, -0.15) is 0 Å². The van der Waals surface area contributed by atoms with Gasteiger partial charge < -0.3 is 24.5 Å². The van der Waals surface area contributed by atoms with Crippen LogP contribution in [0.4, 0.5) is 0 Å². The number of phenols is 1. The van der Waals surface area contributed by atoms with Crippen LogP contribution in [0.1, 0.15) is 70.4 Å². The molecule has 3 aliphatic rings. The Morgan fingerprint density at radius 3 is 2.44 bits per heavy atom. The molecule has 2 N–H and O–H groups in total. The number of carbonyl (C=O) groups is 4. The minimum Gasteiger partial charge on any atom is -0.508 e. The molecule has 0 heterocycles. The molecule has 0 unspecified atom stereocenters. The van der Waals surface area contributed by atoms with Gasteiger partial charge in [0.25, 0.3) is 5.09 Å². The Kier molecular flexibility index (Phi) is 8.67. The zero-order valence-corrected chi connectivity index (χ0v) is 22.3. The number of carboxylic acids is 1. The number of hydrogen-bond acceptors (Lipinski definition) is 10. The monoisotopic (exact) mass is 547 g/mol. The zero-order valence-electron chi connectivity index (χ0n) is 22.3. The molecule has 1 aromatic rings. The summed E-state index contributed by atoms with van der Waals surface area (Å²) in [5, 5.41) is 29.3. The van der Waals surface area contributed by atoms with Crippen LogP contribution in [0.2, 0.25) is 0 Å². The number of rotatable bonds is 12. The zero-order chi connectivity index (χ0) is 29.1. The van der Waals surface area contributed by atoms with Crippen LogP contribution in [0.3, 0.4) is 0 Å². The lowest BCUT2D eigenvalue weighted by molar-refractivity contribution is -0.757. The van der Waals surface area contributed by atoms with Crippen molar-refractivity contribution in [1.82, 2.24) is 0 Å². The molecule has 3 atom stereocenters. The van der Waals surface area contributed by atoms with Crippen molar-refractivity contribution in [2.24, 2.45) is 17.3 Å². The van der Waals surface area contributed by atoms with Gasteiger partial charge in [0, 0.05) is 36.0 Å². The maximum absolute atomic E-state index is 12.9. The Morgan fingerprint density at radius 2 is 1.85 bits per heavy atom. The SMILES string of the molecule is CC(C)(C(=O)OCCCCO[N+](=O)[O-])c1cc(O)c([C@@H]2CC(=O)[C@@H]3C[C@H]2C3(C)C)c(OC(=O)C=CC(=O)O)c1. The first-order chi connectivity index (χ1) is 18.2. The molecule has 0 aromatic heterocycles. The first kappa shape index (κ1) is 29.6. The summed E-state index contributed by atoms with van der Waals surface area (Å²) in [4.78, 5) is 63.5. The molecule has 3 saturated carbocycles. The Hall–Kier alpha value is -3.96. The largest absolute Gasteiger partial charge is 0.508 e. The third-order valence-electron chi connectivity index (χ3n) is 7.90. The maximum atomic E-state index is 12.9. The molecular weight excluding hydrogens is 514 g/mol. The second kappa shape index (κ2) is 11.4. The molecule has 3 aliphatic carbocycles. The maximum Gasteiger partial charge on any atom is 0.336 e. The average Bonchev–Trinajstić information content (AvgIpc) is 2.83. The van der Waals surface area contributed by atoms with Crippen LogP contribution in [0.25, 0.3) is 0 Å². The predicted molar refractivity (Wildman–Crippen MR) is 134 cm³/mol. The van der Waals surface area contributed by atoms with Crippen LogP contribution < -0.4 is 4.74 Å². The number of ether oxygens (including phenoxy) is 2. The van der Waals surface area contributed by atoms with Crippen LogP contribution in [-0.2, 0) is 34.2 Å². The molecular formula is C27H33NO11. The second-order valence-electron chi connectivity index (χ2n) is 11.0. The van der Waals surface area contributed by atoms with E-state index < -0.39 is 34.3 Å². The highest BCUT2D eigenvalue weighted by Gasteiger charge is 2.59. The van der Waals surface area contributed by atoms with Gasteiger partial charge in [0.05, 0.1) is 18.6 Å². The Morgan fingerprint density at radius 1 is 1.18 bits per heavy atom. The van der Waals surface area contributed by atoms with Crippen molar-refractivity contribution in [1.29, 1.82) is 0 Å². The smallest absolute Gasteiger partial charge is 0.336 e. The van der Waals surface area contributed by atoms with E-state index in [0.717, 1.165) is 6.08 Å². The third kappa shape index (κ3) is 6.37. The molecule has 0 aliphatic heterocycles. The number of phenolic OH excluding ortho intramolecular Hbond substituents is 1. The molecule has 3 fully saturated rings. The van der Waals surface area contributed by atoms with E-state index in [1.54, 1.807) is 13.8 Å². The van der Waals surface area contributed by atoms with Crippen LogP contribution >= 0.6 is 0 Å². The lowest BCUT2D eigenvalue weighted by Gasteiger charge is -2.59. The summed E-state index contributed by atoms with van der Waals surface area (Å²) >= 11 is 0. The van der Waals surface area contributed by atoms with E-state index in [1.807, 2.05) is 13.8 Å². The van der Waals surface area contributed by atoms with Gasteiger partial charge in [-0.1, -0.05) is 13.8 Å². The lowest BCUT2D eigenvalue weighted by Crippen LogP contribution is -2.56. The van der Waals surface area contributed by atoms with Gasteiger partial charge >= 0.3 is 17.9 Å². The van der Waals surface area contributed by atoms with Gasteiger partial charge in [0.2, 0.25) is 0 Å². The summed E-state index contributed by atoms with van der Waals surface area (Å²) in [6, 6.07) is 2.81. The molecule has 12 heteroatoms. The molecule has 2 bridgehead atoms. The number of aromatic hydroxyl groups is 1. The molecule has 0 spiro atoms. The Balaban J connectivity index is 1.89. The fraction of sp³-hybridized carbons (Fsp3) is 0.556. The van der Waals surface area contributed by atoms with Crippen LogP contribution in [0.5, 0.6) is 11.5 Å². The topological polar surface area (TPSA) is 180 Å². The number of aliphatic carboxylic acids is 1. The van der Waals surface area contributed by atoms with Crippen molar-refractivity contribution >= 4 is 23.7 Å². The number of carbonyl (C=O) groups excluding carboxylic acids is 3. The van der Waals surface area contributed by atoms with Crippen molar-refractivity contribution in [3.8, 4) is 11.5 Å². The summed E-state index contributed by atoms with van der Waals surface area (Å²) in [7, 11) is 0. The van der Waals surface area contributed by atoms with Gasteiger partial charge in [0.1, 0.15) is 17.3 Å². The highest BCUT2D eigenvalue weighted by atomic mass is 16.9. The fourth-order valence-electron chi connectivity index (χ4n) is 5.51. The predicted octanol–water partition coefficient (Wildman–Crippen LogP) is 3.47. The number of carboxylic acid groups (broad SMARTS) is 1. The van der Waals surface area contributed by atoms with Crippen molar-refractivity contribution in [3.05, 3.63) is 45.5 Å². The summed E-state index contributed by atoms with van der Waals surface area (Å²) in [6.07, 6.45) is 2.78. The van der Waals surface area contributed by atoms with E-state index in [1.165, 1.54) is 12.1 Å². The number of hydrogen-bond donors (Lipinski definition) is 2. The lowest BCUT2D eigenvalue weighted by atomic mass is 9.44. The molecule has 1 aromatic carbocycles. The van der Waals surface area contributed by atoms with Crippen LogP contribution in [0, 0.1) is 27.4 Å². The van der Waals surface area contributed by atoms with Gasteiger partial charge in [-0.15, -0.1) is 10.1 Å². The standard InChI is InChI=1S/C27H33NO11/c1-26(2,25(34)37-9-5-6-10-38-28(35)36)15-11-20(30)24(21(12-15)39-23(33)8-7-22(31)32)16-13-19(29)18-14-17(16)27(18,3)4/h7-8,11-12,16-18,30H,5-6,9-10,13-14H2,1-4H3,(H,31,32)/t16-,17-,18+/m1/s1. The van der Waals surface area contributed by atoms with Crippen molar-refractivity contribution < 1.29 is 48.8 Å². The number of unbranched alkanes of at least 4 members (excludes halogenated alkanes) is 1. The number of benzene rings is 1. The van der Waals surface area contributed by atoms with Crippen LogP contribution in [0.15, 0.2) is 24.3 Å². The second-order valence-corrected chi connectivity index (χ2v) is 11.0. The van der Waals surface area contributed by atoms with Gasteiger partial charge in [-0.25, -0.2) is 9.59 Å². The van der Waals surface area contributed by atoms with Crippen molar-refractivity contribution in [3.63, 3.8) is 0 Å². The minimum absolute atomic E-state index is 0.0165. The minimum atomic E-state index is -1.35. The number of ketones is 1. The Labute approximate surface area is 225 Å². The number of Topliss-reactive ketones (excluding diaryl/α,β-unsaturated/α-hetero) is 1. The summed E-state index contributed by atoms with van der Waals surface area (Å²) in [5.41, 5.74) is -1.09. The molecule has 0 saturated heterocycles. The highest BCUT2D eigenvalue weighted by Crippen LogP contribution is 2.64. The number of fused-ring (bicyclic) bond motifs is 2. The molecule has 12 nitrogen and oxygen atoms in total. The summed E-state index contributed by atoms with van der Waals surface area (Å²) in [5.74, 6) is -3.72. The normalized spacial score (nSPS) is 21.6. The van der Waals surface area contributed by atoms with E-state index >= 15 is 0 Å².